The van der Waals surface area contributed by atoms with Crippen LogP contribution < -0.4 is 24.4 Å². The van der Waals surface area contributed by atoms with Gasteiger partial charge in [0.1, 0.15) is 17.2 Å². The Morgan fingerprint density at radius 3 is 1.98 bits per heavy atom. The molecule has 4 aliphatic rings. The van der Waals surface area contributed by atoms with Crippen LogP contribution in [0, 0.1) is 12.8 Å². The van der Waals surface area contributed by atoms with E-state index in [-0.39, 0.29) is 11.8 Å². The van der Waals surface area contributed by atoms with Crippen molar-refractivity contribution in [2.75, 3.05) is 23.9 Å². The van der Waals surface area contributed by atoms with Gasteiger partial charge in [0.25, 0.3) is 11.8 Å². The largest absolute Gasteiger partial charge is 0.497 e. The first-order valence-corrected chi connectivity index (χ1v) is 29.5. The van der Waals surface area contributed by atoms with E-state index in [2.05, 4.69) is 106 Å². The van der Waals surface area contributed by atoms with Gasteiger partial charge in [-0.2, -0.15) is 0 Å². The second-order valence-electron chi connectivity index (χ2n) is 23.7. The third-order valence-corrected chi connectivity index (χ3v) is 18.2. The van der Waals surface area contributed by atoms with E-state index in [1.54, 1.807) is 18.9 Å². The summed E-state index contributed by atoms with van der Waals surface area (Å²) in [5.74, 6) is 3.40. The van der Waals surface area contributed by atoms with Gasteiger partial charge in [-0.25, -0.2) is 0 Å². The second kappa shape index (κ2) is 21.5. The molecule has 1 fully saturated rings. The zero-order valence-corrected chi connectivity index (χ0v) is 48.0. The summed E-state index contributed by atoms with van der Waals surface area (Å²) in [6.07, 6.45) is 16.9. The Balaban J connectivity index is 0.825. The van der Waals surface area contributed by atoms with Gasteiger partial charge in [0.15, 0.2) is 11.3 Å². The summed E-state index contributed by atoms with van der Waals surface area (Å²) in [6.45, 7) is 13.3. The lowest BCUT2D eigenvalue weighted by atomic mass is 9.76. The fourth-order valence-corrected chi connectivity index (χ4v) is 13.8. The molecule has 2 atom stereocenters. The maximum Gasteiger partial charge on any atom is 0.261 e. The van der Waals surface area contributed by atoms with Crippen LogP contribution in [0.25, 0.3) is 39.1 Å². The molecule has 2 aliphatic heterocycles. The average Bonchev–Trinajstić information content (AvgIpc) is 4.10. The van der Waals surface area contributed by atoms with Crippen molar-refractivity contribution in [1.29, 1.82) is 0 Å². The highest BCUT2D eigenvalue weighted by Crippen LogP contribution is 2.62. The third-order valence-electron chi connectivity index (χ3n) is 18.2. The van der Waals surface area contributed by atoms with Crippen LogP contribution in [0.5, 0.6) is 17.2 Å². The number of nitrogens with one attached hydrogen (secondary N) is 1. The number of ether oxygens (including phenoxy) is 3. The molecule has 8 heteroatoms. The van der Waals surface area contributed by atoms with Crippen LogP contribution in [0.4, 0.5) is 11.4 Å². The molecule has 2 amide bonds. The number of rotatable bonds is 16. The normalized spacial score (nSPS) is 20.3. The second-order valence-corrected chi connectivity index (χ2v) is 23.7. The molecule has 2 aliphatic carbocycles. The number of nitrogens with zero attached hydrogens (tertiary/aromatic N) is 1. The molecular weight excluding hydrogens is 1000 g/mol. The summed E-state index contributed by atoms with van der Waals surface area (Å²) in [5.41, 5.74) is 10.7. The predicted octanol–water partition coefficient (Wildman–Crippen LogP) is 17.6. The van der Waals surface area contributed by atoms with Gasteiger partial charge in [-0.1, -0.05) is 157 Å². The summed E-state index contributed by atoms with van der Waals surface area (Å²) in [4.78, 5) is 30.1. The molecule has 2 heterocycles. The van der Waals surface area contributed by atoms with E-state index < -0.39 is 16.7 Å². The van der Waals surface area contributed by atoms with Gasteiger partial charge in [0.2, 0.25) is 0 Å². The van der Waals surface area contributed by atoms with Crippen molar-refractivity contribution in [3.05, 3.63) is 213 Å². The number of methoxy groups -OCH3 is 1. The lowest BCUT2D eigenvalue weighted by Gasteiger charge is -2.38. The van der Waals surface area contributed by atoms with E-state index in [9.17, 15) is 9.90 Å². The Kier molecular flexibility index (Phi) is 14.3. The molecule has 412 valence electrons. The monoisotopic (exact) mass is 1070 g/mol. The number of unbranched alkanes of at least 4 members (excludes halogenated alkanes) is 3. The molecule has 0 saturated heterocycles. The van der Waals surface area contributed by atoms with Crippen LogP contribution in [-0.4, -0.2) is 30.6 Å². The van der Waals surface area contributed by atoms with Crippen LogP contribution >= 0.6 is 0 Å². The summed E-state index contributed by atoms with van der Waals surface area (Å²) in [7, 11) is 1.67. The number of hydrogen-bond acceptors (Lipinski definition) is 6. The summed E-state index contributed by atoms with van der Waals surface area (Å²) >= 11 is 0. The molecule has 8 aromatic carbocycles. The molecule has 0 radical (unpaired) electrons. The first kappa shape index (κ1) is 53.7. The van der Waals surface area contributed by atoms with Gasteiger partial charge < -0.3 is 24.6 Å². The van der Waals surface area contributed by atoms with E-state index in [4.69, 9.17) is 14.2 Å². The number of amides is 2. The highest BCUT2D eigenvalue weighted by atomic mass is 16.5. The maximum atomic E-state index is 15.1. The fraction of sp³-hybridized carbons (Fsp3) is 0.315. The van der Waals surface area contributed by atoms with Crippen molar-refractivity contribution >= 4 is 40.0 Å². The molecular formula is C73H74N2O6. The fourth-order valence-electron chi connectivity index (χ4n) is 13.8. The van der Waals surface area contributed by atoms with E-state index in [0.29, 0.717) is 40.6 Å². The number of carbonyl (C=O) groups excluding carboxylic acids is 2. The summed E-state index contributed by atoms with van der Waals surface area (Å²) in [6, 6.07) is 50.7. The van der Waals surface area contributed by atoms with Crippen LogP contribution in [-0.2, 0) is 16.7 Å². The quantitative estimate of drug-likeness (QED) is 0.0936. The van der Waals surface area contributed by atoms with Crippen molar-refractivity contribution in [3.8, 4) is 39.5 Å². The minimum Gasteiger partial charge on any atom is -0.497 e. The topological polar surface area (TPSA) is 97.3 Å². The average molecular weight is 1080 g/mol. The predicted molar refractivity (Wildman–Crippen MR) is 328 cm³/mol. The van der Waals surface area contributed by atoms with Crippen LogP contribution in [0.3, 0.4) is 0 Å². The minimum absolute atomic E-state index is 0.133. The van der Waals surface area contributed by atoms with Crippen LogP contribution in [0.15, 0.2) is 158 Å². The zero-order valence-electron chi connectivity index (χ0n) is 48.0. The van der Waals surface area contributed by atoms with E-state index in [1.807, 2.05) is 97.9 Å². The highest BCUT2D eigenvalue weighted by Gasteiger charge is 2.53. The first-order valence-electron chi connectivity index (χ1n) is 29.5. The van der Waals surface area contributed by atoms with Crippen LogP contribution in [0.2, 0.25) is 0 Å². The number of benzene rings is 8. The van der Waals surface area contributed by atoms with Gasteiger partial charge in [0.05, 0.1) is 19.3 Å². The zero-order chi connectivity index (χ0) is 56.2. The Hall–Kier alpha value is -7.94. The van der Waals surface area contributed by atoms with Gasteiger partial charge >= 0.3 is 0 Å². The van der Waals surface area contributed by atoms with Gasteiger partial charge in [-0.15, -0.1) is 0 Å². The van der Waals surface area contributed by atoms with Crippen molar-refractivity contribution in [3.63, 3.8) is 0 Å². The molecule has 0 bridgehead atoms. The van der Waals surface area contributed by atoms with Crippen molar-refractivity contribution in [1.82, 2.24) is 0 Å². The smallest absolute Gasteiger partial charge is 0.261 e. The van der Waals surface area contributed by atoms with Crippen molar-refractivity contribution in [2.45, 2.75) is 128 Å². The molecule has 8 nitrogen and oxygen atoms in total. The molecule has 1 saturated carbocycles. The van der Waals surface area contributed by atoms with Gasteiger partial charge in [0, 0.05) is 50.0 Å². The Morgan fingerprint density at radius 1 is 0.704 bits per heavy atom. The number of carbonyl (C=O) groups is 2. The SMILES string of the molecule is CCCCCC1CCC(c2ccc(C(=O)Nc3ccc(-c4ccc(N5C(=O)c6c(C)cc7c(c6C5(C)O)-c5c(c6c(c8ccccc58)OC(c5ccc(OC)cc5)(c5ccc(OCCCC)cc5)C=C6)C7(C)C)cc4)cc3)cc2)CC1. The molecule has 81 heavy (non-hydrogen) atoms. The molecule has 8 aromatic rings. The molecule has 0 spiro atoms. The van der Waals surface area contributed by atoms with E-state index in [0.717, 1.165) is 102 Å². The Bertz CT molecular complexity index is 3700. The number of hydrogen-bond donors (Lipinski definition) is 2. The number of aliphatic hydroxyl groups is 1. The lowest BCUT2D eigenvalue weighted by molar-refractivity contribution is 0.0558. The van der Waals surface area contributed by atoms with Gasteiger partial charge in [-0.3, -0.25) is 14.5 Å². The van der Waals surface area contributed by atoms with Crippen molar-refractivity contribution < 1.29 is 28.9 Å². The third kappa shape index (κ3) is 9.39. The summed E-state index contributed by atoms with van der Waals surface area (Å²) in [5, 5.41) is 18.2. The number of aryl methyl sites for hydroxylation is 1. The Labute approximate surface area is 477 Å². The van der Waals surface area contributed by atoms with E-state index in [1.165, 1.54) is 56.9 Å². The first-order chi connectivity index (χ1) is 39.2. The molecule has 12 rings (SSSR count). The Morgan fingerprint density at radius 2 is 1.33 bits per heavy atom. The maximum absolute atomic E-state index is 15.1. The molecule has 2 N–H and O–H groups in total. The van der Waals surface area contributed by atoms with Crippen LogP contribution in [0.1, 0.15) is 170 Å². The van der Waals surface area contributed by atoms with Crippen molar-refractivity contribution in [2.24, 2.45) is 5.92 Å². The standard InChI is InChI=1S/C73H74N2O6/c1-8-10-12-15-47-18-20-48(21-19-47)49-22-24-52(25-23-49)69(76)74-55-34-26-50(27-35-55)51-28-36-56(37-29-51)75-70(77)63-46(3)45-62-65(67(63)72(75,6)78)64-59-16-13-14-17-60(59)68-61(66(64)71(62,4)5)42-43-73(81-68,53-30-38-57(79-7)39-31-53)54-32-40-58(41-33-54)80-44-11-9-2/h13-14,16-17,22-43,45,47-48,78H,8-12,15,18-21,44H2,1-7H3,(H,74,76). The number of anilines is 2. The minimum atomic E-state index is -1.71. The number of fused-ring (bicyclic) bond motifs is 10. The van der Waals surface area contributed by atoms with E-state index >= 15 is 4.79 Å². The highest BCUT2D eigenvalue weighted by molar-refractivity contribution is 6.17. The molecule has 0 aromatic heterocycles. The molecule has 2 unspecified atom stereocenters. The van der Waals surface area contributed by atoms with Gasteiger partial charge in [-0.05, 0) is 174 Å². The summed E-state index contributed by atoms with van der Waals surface area (Å²) < 4.78 is 19.3. The lowest BCUT2D eigenvalue weighted by Crippen LogP contribution is -2.41.